The topological polar surface area (TPSA) is 66.5 Å². The number of amides is 3. The van der Waals surface area contributed by atoms with Crippen molar-refractivity contribution < 1.29 is 27.6 Å². The molecule has 0 saturated carbocycles. The number of hydrogen-bond acceptors (Lipinski definition) is 3. The van der Waals surface area contributed by atoms with Crippen LogP contribution in [-0.2, 0) is 22.3 Å². The Morgan fingerprint density at radius 1 is 1.22 bits per heavy atom. The van der Waals surface area contributed by atoms with Crippen LogP contribution in [0.15, 0.2) is 12.1 Å². The van der Waals surface area contributed by atoms with Crippen molar-refractivity contribution >= 4 is 17.7 Å². The molecule has 0 aromatic heterocycles. The third-order valence-corrected chi connectivity index (χ3v) is 4.17. The Hall–Kier alpha value is -2.38. The van der Waals surface area contributed by atoms with Crippen LogP contribution in [0.1, 0.15) is 39.9 Å². The molecule has 2 heterocycles. The fourth-order valence-electron chi connectivity index (χ4n) is 3.04. The maximum atomic E-state index is 13.0. The predicted octanol–water partition coefficient (Wildman–Crippen LogP) is 1.77. The van der Waals surface area contributed by atoms with Crippen molar-refractivity contribution in [1.29, 1.82) is 0 Å². The molecule has 3 amide bonds. The van der Waals surface area contributed by atoms with Gasteiger partial charge in [-0.2, -0.15) is 13.2 Å². The summed E-state index contributed by atoms with van der Waals surface area (Å²) in [5, 5.41) is 2.15. The van der Waals surface area contributed by atoms with Crippen LogP contribution in [0.5, 0.6) is 0 Å². The van der Waals surface area contributed by atoms with E-state index in [4.69, 9.17) is 0 Å². The minimum absolute atomic E-state index is 0.0346. The molecule has 0 aliphatic carbocycles. The molecule has 23 heavy (non-hydrogen) atoms. The average Bonchev–Trinajstić information content (AvgIpc) is 2.73. The quantitative estimate of drug-likeness (QED) is 0.800. The highest BCUT2D eigenvalue weighted by atomic mass is 19.4. The zero-order valence-electron chi connectivity index (χ0n) is 12.2. The SMILES string of the molecule is Cc1cc2c(cc1C(F)(F)F)C(=O)N(C1CCC(=O)NC1=O)C2. The first-order valence-electron chi connectivity index (χ1n) is 7.04. The first kappa shape index (κ1) is 15.5. The highest BCUT2D eigenvalue weighted by molar-refractivity contribution is 6.05. The van der Waals surface area contributed by atoms with Gasteiger partial charge in [0.25, 0.3) is 5.91 Å². The number of rotatable bonds is 1. The summed E-state index contributed by atoms with van der Waals surface area (Å²) in [5.41, 5.74) is -0.387. The summed E-state index contributed by atoms with van der Waals surface area (Å²) >= 11 is 0. The Kier molecular flexibility index (Phi) is 3.42. The lowest BCUT2D eigenvalue weighted by Gasteiger charge is -2.29. The zero-order chi connectivity index (χ0) is 16.9. The van der Waals surface area contributed by atoms with Crippen molar-refractivity contribution in [3.8, 4) is 0 Å². The van der Waals surface area contributed by atoms with Gasteiger partial charge in [0.15, 0.2) is 0 Å². The molecule has 1 N–H and O–H groups in total. The third kappa shape index (κ3) is 2.58. The molecule has 8 heteroatoms. The number of carbonyl (C=O) groups is 3. The number of fused-ring (bicyclic) bond motifs is 1. The lowest BCUT2D eigenvalue weighted by atomic mass is 10.0. The van der Waals surface area contributed by atoms with Gasteiger partial charge in [0, 0.05) is 18.5 Å². The predicted molar refractivity (Wildman–Crippen MR) is 72.2 cm³/mol. The molecule has 0 radical (unpaired) electrons. The van der Waals surface area contributed by atoms with Crippen molar-refractivity contribution in [3.63, 3.8) is 0 Å². The number of carbonyl (C=O) groups excluding carboxylic acids is 3. The fourth-order valence-corrected chi connectivity index (χ4v) is 3.04. The zero-order valence-corrected chi connectivity index (χ0v) is 12.2. The van der Waals surface area contributed by atoms with Crippen LogP contribution in [0.3, 0.4) is 0 Å². The largest absolute Gasteiger partial charge is 0.416 e. The van der Waals surface area contributed by atoms with Gasteiger partial charge >= 0.3 is 6.18 Å². The number of alkyl halides is 3. The molecular weight excluding hydrogens is 313 g/mol. The molecule has 1 atom stereocenters. The molecule has 2 aliphatic heterocycles. The fraction of sp³-hybridized carbons (Fsp3) is 0.400. The van der Waals surface area contributed by atoms with Gasteiger partial charge in [-0.15, -0.1) is 0 Å². The lowest BCUT2D eigenvalue weighted by Crippen LogP contribution is -2.52. The second kappa shape index (κ2) is 5.07. The molecule has 0 spiro atoms. The number of benzene rings is 1. The smallest absolute Gasteiger partial charge is 0.322 e. The van der Waals surface area contributed by atoms with Crippen LogP contribution < -0.4 is 5.32 Å². The molecule has 3 rings (SSSR count). The van der Waals surface area contributed by atoms with E-state index in [1.165, 1.54) is 17.9 Å². The molecule has 2 aliphatic rings. The summed E-state index contributed by atoms with van der Waals surface area (Å²) < 4.78 is 38.9. The molecule has 1 saturated heterocycles. The van der Waals surface area contributed by atoms with E-state index in [0.717, 1.165) is 6.07 Å². The molecule has 0 bridgehead atoms. The van der Waals surface area contributed by atoms with E-state index in [9.17, 15) is 27.6 Å². The maximum absolute atomic E-state index is 13.0. The van der Waals surface area contributed by atoms with Gasteiger partial charge in [0.1, 0.15) is 6.04 Å². The van der Waals surface area contributed by atoms with E-state index in [1.54, 1.807) is 0 Å². The van der Waals surface area contributed by atoms with Crippen molar-refractivity contribution in [1.82, 2.24) is 10.2 Å². The molecule has 1 aromatic carbocycles. The Bertz CT molecular complexity index is 727. The first-order valence-corrected chi connectivity index (χ1v) is 7.04. The Labute approximate surface area is 129 Å². The first-order chi connectivity index (χ1) is 10.7. The van der Waals surface area contributed by atoms with Gasteiger partial charge < -0.3 is 4.90 Å². The summed E-state index contributed by atoms with van der Waals surface area (Å²) in [6, 6.07) is 1.35. The molecule has 1 aromatic rings. The lowest BCUT2D eigenvalue weighted by molar-refractivity contribution is -0.138. The van der Waals surface area contributed by atoms with Crippen molar-refractivity contribution in [2.45, 2.75) is 38.5 Å². The molecule has 1 fully saturated rings. The maximum Gasteiger partial charge on any atom is 0.416 e. The van der Waals surface area contributed by atoms with E-state index in [-0.39, 0.29) is 30.5 Å². The Morgan fingerprint density at radius 3 is 2.52 bits per heavy atom. The second-order valence-corrected chi connectivity index (χ2v) is 5.72. The Balaban J connectivity index is 1.94. The van der Waals surface area contributed by atoms with Crippen LogP contribution in [0, 0.1) is 6.92 Å². The van der Waals surface area contributed by atoms with Crippen LogP contribution >= 0.6 is 0 Å². The summed E-state index contributed by atoms with van der Waals surface area (Å²) in [7, 11) is 0. The van der Waals surface area contributed by atoms with Crippen LogP contribution in [0.2, 0.25) is 0 Å². The molecule has 1 unspecified atom stereocenters. The van der Waals surface area contributed by atoms with Gasteiger partial charge in [0.2, 0.25) is 11.8 Å². The number of hydrogen-bond donors (Lipinski definition) is 1. The minimum Gasteiger partial charge on any atom is -0.322 e. The van der Waals surface area contributed by atoms with E-state index >= 15 is 0 Å². The van der Waals surface area contributed by atoms with E-state index in [0.29, 0.717) is 5.56 Å². The number of piperidine rings is 1. The average molecular weight is 326 g/mol. The van der Waals surface area contributed by atoms with Gasteiger partial charge in [-0.25, -0.2) is 0 Å². The highest BCUT2D eigenvalue weighted by Gasteiger charge is 2.41. The standard InChI is InChI=1S/C15H13F3N2O3/c1-7-4-8-6-20(11-2-3-12(21)19-13(11)22)14(23)9(8)5-10(7)15(16,17)18/h4-5,11H,2-3,6H2,1H3,(H,19,21,22). The minimum atomic E-state index is -4.54. The molecular formula is C15H13F3N2O3. The molecule has 122 valence electrons. The van der Waals surface area contributed by atoms with E-state index < -0.39 is 35.5 Å². The highest BCUT2D eigenvalue weighted by Crippen LogP contribution is 2.36. The van der Waals surface area contributed by atoms with E-state index in [1.807, 2.05) is 0 Å². The van der Waals surface area contributed by atoms with Crippen molar-refractivity contribution in [3.05, 3.63) is 34.4 Å². The number of nitrogens with one attached hydrogen (secondary N) is 1. The number of aryl methyl sites for hydroxylation is 1. The summed E-state index contributed by atoms with van der Waals surface area (Å²) in [6.45, 7) is 1.40. The van der Waals surface area contributed by atoms with Crippen LogP contribution in [0.25, 0.3) is 0 Å². The van der Waals surface area contributed by atoms with Crippen molar-refractivity contribution in [2.24, 2.45) is 0 Å². The second-order valence-electron chi connectivity index (χ2n) is 5.72. The molecule has 5 nitrogen and oxygen atoms in total. The Morgan fingerprint density at radius 2 is 1.91 bits per heavy atom. The van der Waals surface area contributed by atoms with Gasteiger partial charge in [-0.05, 0) is 30.5 Å². The van der Waals surface area contributed by atoms with E-state index in [2.05, 4.69) is 5.32 Å². The van der Waals surface area contributed by atoms with Crippen LogP contribution in [0.4, 0.5) is 13.2 Å². The number of nitrogens with zero attached hydrogens (tertiary/aromatic N) is 1. The summed E-state index contributed by atoms with van der Waals surface area (Å²) in [5.74, 6) is -1.61. The third-order valence-electron chi connectivity index (χ3n) is 4.17. The monoisotopic (exact) mass is 326 g/mol. The van der Waals surface area contributed by atoms with Crippen molar-refractivity contribution in [2.75, 3.05) is 0 Å². The van der Waals surface area contributed by atoms with Gasteiger partial charge in [0.05, 0.1) is 5.56 Å². The summed E-state index contributed by atoms with van der Waals surface area (Å²) in [6.07, 6.45) is -4.26. The van der Waals surface area contributed by atoms with Gasteiger partial charge in [-0.3, -0.25) is 19.7 Å². The van der Waals surface area contributed by atoms with Gasteiger partial charge in [-0.1, -0.05) is 6.07 Å². The number of imide groups is 1. The normalized spacial score (nSPS) is 21.5. The summed E-state index contributed by atoms with van der Waals surface area (Å²) in [4.78, 5) is 36.7. The van der Waals surface area contributed by atoms with Crippen LogP contribution in [-0.4, -0.2) is 28.7 Å². The number of halogens is 3.